The second-order valence-electron chi connectivity index (χ2n) is 6.10. The van der Waals surface area contributed by atoms with Crippen LogP contribution < -0.4 is 15.4 Å². The summed E-state index contributed by atoms with van der Waals surface area (Å²) in [7, 11) is 0. The molecule has 0 atom stereocenters. The Balaban J connectivity index is 2.00. The van der Waals surface area contributed by atoms with Gasteiger partial charge in [0.2, 0.25) is 0 Å². The van der Waals surface area contributed by atoms with Crippen molar-refractivity contribution in [3.05, 3.63) is 58.6 Å². The van der Waals surface area contributed by atoms with Crippen molar-refractivity contribution in [3.8, 4) is 5.75 Å². The number of hydrogen-bond acceptors (Lipinski definition) is 3. The van der Waals surface area contributed by atoms with E-state index in [0.29, 0.717) is 28.9 Å². The van der Waals surface area contributed by atoms with Gasteiger partial charge in [0.1, 0.15) is 5.75 Å². The van der Waals surface area contributed by atoms with Crippen LogP contribution in [0.4, 0.5) is 5.69 Å². The Morgan fingerprint density at radius 3 is 2.72 bits per heavy atom. The fourth-order valence-corrected chi connectivity index (χ4v) is 2.42. The predicted octanol–water partition coefficient (Wildman–Crippen LogP) is 4.81. The van der Waals surface area contributed by atoms with Crippen LogP contribution >= 0.6 is 23.8 Å². The minimum absolute atomic E-state index is 0.212. The van der Waals surface area contributed by atoms with Crippen LogP contribution in [0.15, 0.2) is 42.5 Å². The molecule has 0 aliphatic carbocycles. The quantitative estimate of drug-likeness (QED) is 0.735. The Labute approximate surface area is 158 Å². The molecule has 0 spiro atoms. The molecule has 0 aliphatic rings. The van der Waals surface area contributed by atoms with E-state index in [1.807, 2.05) is 19.1 Å². The van der Waals surface area contributed by atoms with Gasteiger partial charge in [0.25, 0.3) is 5.91 Å². The van der Waals surface area contributed by atoms with Crippen LogP contribution in [0.25, 0.3) is 0 Å². The predicted molar refractivity (Wildman–Crippen MR) is 107 cm³/mol. The smallest absolute Gasteiger partial charge is 0.257 e. The molecule has 0 saturated carbocycles. The Kier molecular flexibility index (Phi) is 6.79. The van der Waals surface area contributed by atoms with Crippen LogP contribution in [-0.2, 0) is 0 Å². The molecule has 2 aromatic rings. The molecule has 0 saturated heterocycles. The molecule has 6 heteroatoms. The van der Waals surface area contributed by atoms with Crippen LogP contribution in [0.2, 0.25) is 5.02 Å². The summed E-state index contributed by atoms with van der Waals surface area (Å²) in [6.45, 7) is 6.66. The second-order valence-corrected chi connectivity index (χ2v) is 6.94. The number of nitrogens with one attached hydrogen (secondary N) is 2. The normalized spacial score (nSPS) is 10.4. The molecular weight excluding hydrogens is 356 g/mol. The molecule has 0 fully saturated rings. The lowest BCUT2D eigenvalue weighted by Gasteiger charge is -2.13. The van der Waals surface area contributed by atoms with Gasteiger partial charge in [0.05, 0.1) is 6.61 Å². The fraction of sp³-hybridized carbons (Fsp3) is 0.263. The SMILES string of the molecule is Cc1ccc(Cl)cc1NC(=S)NC(=O)c1cccc(OCC(C)C)c1. The van der Waals surface area contributed by atoms with Gasteiger partial charge in [0, 0.05) is 16.3 Å². The van der Waals surface area contributed by atoms with E-state index < -0.39 is 0 Å². The molecule has 132 valence electrons. The van der Waals surface area contributed by atoms with Crippen LogP contribution in [-0.4, -0.2) is 17.6 Å². The number of carbonyl (C=O) groups is 1. The summed E-state index contributed by atoms with van der Waals surface area (Å²) in [6, 6.07) is 12.5. The molecule has 4 nitrogen and oxygen atoms in total. The van der Waals surface area contributed by atoms with Gasteiger partial charge in [0.15, 0.2) is 5.11 Å². The monoisotopic (exact) mass is 376 g/mol. The van der Waals surface area contributed by atoms with Crippen molar-refractivity contribution in [2.24, 2.45) is 5.92 Å². The van der Waals surface area contributed by atoms with E-state index in [0.717, 1.165) is 11.3 Å². The first-order valence-corrected chi connectivity index (χ1v) is 8.75. The van der Waals surface area contributed by atoms with E-state index >= 15 is 0 Å². The average Bonchev–Trinajstić information content (AvgIpc) is 2.56. The summed E-state index contributed by atoms with van der Waals surface area (Å²) >= 11 is 11.2. The minimum atomic E-state index is -0.299. The molecule has 2 N–H and O–H groups in total. The third-order valence-electron chi connectivity index (χ3n) is 3.35. The van der Waals surface area contributed by atoms with Gasteiger partial charge in [-0.05, 0) is 61.0 Å². The van der Waals surface area contributed by atoms with Crippen molar-refractivity contribution in [2.45, 2.75) is 20.8 Å². The van der Waals surface area contributed by atoms with E-state index in [1.165, 1.54) is 0 Å². The highest BCUT2D eigenvalue weighted by atomic mass is 35.5. The molecule has 0 heterocycles. The number of amides is 1. The van der Waals surface area contributed by atoms with Crippen molar-refractivity contribution in [1.82, 2.24) is 5.32 Å². The van der Waals surface area contributed by atoms with E-state index in [2.05, 4.69) is 24.5 Å². The second kappa shape index (κ2) is 8.83. The highest BCUT2D eigenvalue weighted by molar-refractivity contribution is 7.80. The highest BCUT2D eigenvalue weighted by Gasteiger charge is 2.10. The van der Waals surface area contributed by atoms with Crippen LogP contribution in [0.3, 0.4) is 0 Å². The molecule has 2 rings (SSSR count). The van der Waals surface area contributed by atoms with Crippen molar-refractivity contribution in [2.75, 3.05) is 11.9 Å². The zero-order valence-corrected chi connectivity index (χ0v) is 16.0. The number of rotatable bonds is 5. The first-order chi connectivity index (χ1) is 11.8. The molecule has 2 aromatic carbocycles. The standard InChI is InChI=1S/C19H21ClN2O2S/c1-12(2)11-24-16-6-4-5-14(9-16)18(23)22-19(25)21-17-10-15(20)8-7-13(17)3/h4-10,12H,11H2,1-3H3,(H2,21,22,23,25). The maximum absolute atomic E-state index is 12.4. The van der Waals surface area contributed by atoms with Gasteiger partial charge >= 0.3 is 0 Å². The van der Waals surface area contributed by atoms with Crippen molar-refractivity contribution in [1.29, 1.82) is 0 Å². The summed E-state index contributed by atoms with van der Waals surface area (Å²) in [6.07, 6.45) is 0. The lowest BCUT2D eigenvalue weighted by Crippen LogP contribution is -2.34. The van der Waals surface area contributed by atoms with Gasteiger partial charge in [-0.2, -0.15) is 0 Å². The van der Waals surface area contributed by atoms with Crippen LogP contribution in [0.1, 0.15) is 29.8 Å². The number of benzene rings is 2. The Hall–Kier alpha value is -2.11. The molecular formula is C19H21ClN2O2S. The Morgan fingerprint density at radius 1 is 1.24 bits per heavy atom. The lowest BCUT2D eigenvalue weighted by molar-refractivity contribution is 0.0977. The molecule has 0 radical (unpaired) electrons. The molecule has 0 aromatic heterocycles. The molecule has 1 amide bonds. The number of anilines is 1. The third kappa shape index (κ3) is 6.03. The first-order valence-electron chi connectivity index (χ1n) is 7.96. The van der Waals surface area contributed by atoms with Gasteiger partial charge in [-0.1, -0.05) is 37.6 Å². The van der Waals surface area contributed by atoms with E-state index in [-0.39, 0.29) is 11.0 Å². The summed E-state index contributed by atoms with van der Waals surface area (Å²) in [4.78, 5) is 12.4. The van der Waals surface area contributed by atoms with Crippen molar-refractivity contribution >= 4 is 40.5 Å². The molecule has 0 unspecified atom stereocenters. The number of ether oxygens (including phenoxy) is 1. The Morgan fingerprint density at radius 2 is 2.00 bits per heavy atom. The topological polar surface area (TPSA) is 50.4 Å². The molecule has 25 heavy (non-hydrogen) atoms. The van der Waals surface area contributed by atoms with E-state index in [4.69, 9.17) is 28.6 Å². The summed E-state index contributed by atoms with van der Waals surface area (Å²) in [5.74, 6) is 0.772. The number of thiocarbonyl (C=S) groups is 1. The number of hydrogen-bond donors (Lipinski definition) is 2. The van der Waals surface area contributed by atoms with Crippen LogP contribution in [0, 0.1) is 12.8 Å². The maximum atomic E-state index is 12.4. The zero-order chi connectivity index (χ0) is 18.4. The summed E-state index contributed by atoms with van der Waals surface area (Å²) in [5, 5.41) is 6.46. The zero-order valence-electron chi connectivity index (χ0n) is 14.4. The Bertz CT molecular complexity index is 778. The number of halogens is 1. The van der Waals surface area contributed by atoms with Gasteiger partial charge in [-0.3, -0.25) is 10.1 Å². The number of aryl methyl sites for hydroxylation is 1. The lowest BCUT2D eigenvalue weighted by atomic mass is 10.2. The average molecular weight is 377 g/mol. The molecule has 0 aliphatic heterocycles. The van der Waals surface area contributed by atoms with Crippen molar-refractivity contribution < 1.29 is 9.53 Å². The summed E-state index contributed by atoms with van der Waals surface area (Å²) in [5.41, 5.74) is 2.21. The minimum Gasteiger partial charge on any atom is -0.493 e. The van der Waals surface area contributed by atoms with Crippen molar-refractivity contribution in [3.63, 3.8) is 0 Å². The van der Waals surface area contributed by atoms with Gasteiger partial charge < -0.3 is 10.1 Å². The van der Waals surface area contributed by atoms with E-state index in [9.17, 15) is 4.79 Å². The maximum Gasteiger partial charge on any atom is 0.257 e. The van der Waals surface area contributed by atoms with Gasteiger partial charge in [-0.15, -0.1) is 0 Å². The molecule has 0 bridgehead atoms. The highest BCUT2D eigenvalue weighted by Crippen LogP contribution is 2.20. The van der Waals surface area contributed by atoms with E-state index in [1.54, 1.807) is 30.3 Å². The van der Waals surface area contributed by atoms with Crippen LogP contribution in [0.5, 0.6) is 5.75 Å². The first kappa shape index (κ1) is 19.2. The largest absolute Gasteiger partial charge is 0.493 e. The fourth-order valence-electron chi connectivity index (χ4n) is 2.05. The van der Waals surface area contributed by atoms with Gasteiger partial charge in [-0.25, -0.2) is 0 Å². The third-order valence-corrected chi connectivity index (χ3v) is 3.79. The summed E-state index contributed by atoms with van der Waals surface area (Å²) < 4.78 is 5.64. The number of carbonyl (C=O) groups excluding carboxylic acids is 1.